The van der Waals surface area contributed by atoms with Crippen LogP contribution in [0.5, 0.6) is 11.5 Å². The number of amides is 1. The van der Waals surface area contributed by atoms with Crippen LogP contribution in [-0.4, -0.2) is 19.1 Å². The molecule has 2 aromatic carbocycles. The van der Waals surface area contributed by atoms with Gasteiger partial charge in [0.05, 0.1) is 17.7 Å². The molecular formula is C17H15ClFNO3. The van der Waals surface area contributed by atoms with Crippen molar-refractivity contribution in [3.63, 3.8) is 0 Å². The Bertz CT molecular complexity index is 723. The summed E-state index contributed by atoms with van der Waals surface area (Å²) in [4.78, 5) is 12.1. The molecule has 0 aliphatic carbocycles. The molecule has 6 heteroatoms. The maximum atomic E-state index is 13.1. The van der Waals surface area contributed by atoms with E-state index in [0.29, 0.717) is 18.8 Å². The van der Waals surface area contributed by atoms with Crippen LogP contribution in [0.25, 0.3) is 0 Å². The molecule has 0 saturated carbocycles. The van der Waals surface area contributed by atoms with Gasteiger partial charge in [-0.2, -0.15) is 0 Å². The van der Waals surface area contributed by atoms with Gasteiger partial charge in [0.2, 0.25) is 0 Å². The highest BCUT2D eigenvalue weighted by molar-refractivity contribution is 6.30. The van der Waals surface area contributed by atoms with E-state index in [1.165, 1.54) is 18.2 Å². The SMILES string of the molecule is O=C(COc1ccc(F)c(Cl)c1)N[C@@H]1CCOc2ccccc21. The van der Waals surface area contributed by atoms with Crippen LogP contribution in [0.15, 0.2) is 42.5 Å². The highest BCUT2D eigenvalue weighted by atomic mass is 35.5. The fourth-order valence-corrected chi connectivity index (χ4v) is 2.61. The number of benzene rings is 2. The van der Waals surface area contributed by atoms with Crippen molar-refractivity contribution < 1.29 is 18.7 Å². The average molecular weight is 336 g/mol. The average Bonchev–Trinajstić information content (AvgIpc) is 2.56. The van der Waals surface area contributed by atoms with Crippen molar-refractivity contribution in [3.8, 4) is 11.5 Å². The summed E-state index contributed by atoms with van der Waals surface area (Å²) in [6, 6.07) is 11.5. The van der Waals surface area contributed by atoms with Gasteiger partial charge in [0.15, 0.2) is 6.61 Å². The second kappa shape index (κ2) is 6.87. The molecule has 1 N–H and O–H groups in total. The van der Waals surface area contributed by atoms with Crippen molar-refractivity contribution in [1.29, 1.82) is 0 Å². The first-order chi connectivity index (χ1) is 11.1. The lowest BCUT2D eigenvalue weighted by atomic mass is 10.0. The van der Waals surface area contributed by atoms with E-state index in [9.17, 15) is 9.18 Å². The van der Waals surface area contributed by atoms with E-state index in [2.05, 4.69) is 5.32 Å². The third-order valence-corrected chi connectivity index (χ3v) is 3.84. The Balaban J connectivity index is 1.59. The molecule has 120 valence electrons. The largest absolute Gasteiger partial charge is 0.493 e. The van der Waals surface area contributed by atoms with Crippen molar-refractivity contribution in [1.82, 2.24) is 5.32 Å². The summed E-state index contributed by atoms with van der Waals surface area (Å²) >= 11 is 5.67. The molecule has 1 aliphatic rings. The van der Waals surface area contributed by atoms with Gasteiger partial charge in [-0.3, -0.25) is 4.79 Å². The normalized spacial score (nSPS) is 16.2. The molecule has 0 aromatic heterocycles. The molecular weight excluding hydrogens is 321 g/mol. The Morgan fingerprint density at radius 1 is 1.35 bits per heavy atom. The highest BCUT2D eigenvalue weighted by Crippen LogP contribution is 2.31. The molecule has 3 rings (SSSR count). The zero-order chi connectivity index (χ0) is 16.2. The summed E-state index contributed by atoms with van der Waals surface area (Å²) in [7, 11) is 0. The van der Waals surface area contributed by atoms with Gasteiger partial charge in [0.25, 0.3) is 5.91 Å². The number of carbonyl (C=O) groups is 1. The number of rotatable bonds is 4. The number of nitrogens with one attached hydrogen (secondary N) is 1. The van der Waals surface area contributed by atoms with E-state index in [1.54, 1.807) is 0 Å². The molecule has 0 unspecified atom stereocenters. The van der Waals surface area contributed by atoms with Crippen molar-refractivity contribution in [2.45, 2.75) is 12.5 Å². The third kappa shape index (κ3) is 3.74. The van der Waals surface area contributed by atoms with E-state index < -0.39 is 5.82 Å². The van der Waals surface area contributed by atoms with Crippen LogP contribution in [0.2, 0.25) is 5.02 Å². The molecule has 1 heterocycles. The number of hydrogen-bond acceptors (Lipinski definition) is 3. The minimum absolute atomic E-state index is 0.0405. The minimum atomic E-state index is -0.526. The number of halogens is 2. The molecule has 23 heavy (non-hydrogen) atoms. The number of ether oxygens (including phenoxy) is 2. The summed E-state index contributed by atoms with van der Waals surface area (Å²) in [5.74, 6) is 0.351. The summed E-state index contributed by atoms with van der Waals surface area (Å²) in [5, 5.41) is 2.88. The van der Waals surface area contributed by atoms with Gasteiger partial charge in [0, 0.05) is 18.1 Å². The fourth-order valence-electron chi connectivity index (χ4n) is 2.44. The Morgan fingerprint density at radius 2 is 2.17 bits per heavy atom. The number of carbonyl (C=O) groups excluding carboxylic acids is 1. The molecule has 4 nitrogen and oxygen atoms in total. The Labute approximate surface area is 138 Å². The van der Waals surface area contributed by atoms with E-state index in [-0.39, 0.29) is 23.6 Å². The van der Waals surface area contributed by atoms with Crippen LogP contribution in [0.1, 0.15) is 18.0 Å². The maximum absolute atomic E-state index is 13.1. The quantitative estimate of drug-likeness (QED) is 0.930. The summed E-state index contributed by atoms with van der Waals surface area (Å²) < 4.78 is 24.0. The molecule has 1 amide bonds. The van der Waals surface area contributed by atoms with Gasteiger partial charge >= 0.3 is 0 Å². The lowest BCUT2D eigenvalue weighted by molar-refractivity contribution is -0.124. The van der Waals surface area contributed by atoms with Crippen molar-refractivity contribution in [2.24, 2.45) is 0 Å². The molecule has 0 radical (unpaired) electrons. The lowest BCUT2D eigenvalue weighted by Gasteiger charge is -2.26. The summed E-state index contributed by atoms with van der Waals surface area (Å²) in [6.07, 6.45) is 0.700. The van der Waals surface area contributed by atoms with Crippen LogP contribution in [-0.2, 0) is 4.79 Å². The summed E-state index contributed by atoms with van der Waals surface area (Å²) in [5.41, 5.74) is 0.955. The van der Waals surface area contributed by atoms with Crippen molar-refractivity contribution in [2.75, 3.05) is 13.2 Å². The number of hydrogen-bond donors (Lipinski definition) is 1. The standard InChI is InChI=1S/C17H15ClFNO3/c18-13-9-11(5-6-14(13)19)23-10-17(21)20-15-7-8-22-16-4-2-1-3-12(15)16/h1-6,9,15H,7-8,10H2,(H,20,21)/t15-/m1/s1. The van der Waals surface area contributed by atoms with Gasteiger partial charge < -0.3 is 14.8 Å². The maximum Gasteiger partial charge on any atom is 0.258 e. The second-order valence-electron chi connectivity index (χ2n) is 5.16. The van der Waals surface area contributed by atoms with Gasteiger partial charge in [-0.15, -0.1) is 0 Å². The van der Waals surface area contributed by atoms with Gasteiger partial charge in [-0.25, -0.2) is 4.39 Å². The van der Waals surface area contributed by atoms with Crippen LogP contribution >= 0.6 is 11.6 Å². The molecule has 1 atom stereocenters. The van der Waals surface area contributed by atoms with Crippen LogP contribution in [0, 0.1) is 5.82 Å². The first-order valence-corrected chi connectivity index (χ1v) is 7.60. The van der Waals surface area contributed by atoms with Crippen LogP contribution < -0.4 is 14.8 Å². The first-order valence-electron chi connectivity index (χ1n) is 7.22. The molecule has 0 saturated heterocycles. The van der Waals surface area contributed by atoms with Crippen molar-refractivity contribution in [3.05, 3.63) is 58.9 Å². The Hall–Kier alpha value is -2.27. The number of para-hydroxylation sites is 1. The molecule has 0 spiro atoms. The smallest absolute Gasteiger partial charge is 0.258 e. The Kier molecular flexibility index (Phi) is 4.67. The van der Waals surface area contributed by atoms with Crippen LogP contribution in [0.3, 0.4) is 0 Å². The number of fused-ring (bicyclic) bond motifs is 1. The van der Waals surface area contributed by atoms with E-state index >= 15 is 0 Å². The lowest BCUT2D eigenvalue weighted by Crippen LogP contribution is -2.35. The zero-order valence-electron chi connectivity index (χ0n) is 12.2. The Morgan fingerprint density at radius 3 is 3.00 bits per heavy atom. The monoisotopic (exact) mass is 335 g/mol. The van der Waals surface area contributed by atoms with Gasteiger partial charge in [-0.05, 0) is 18.2 Å². The topological polar surface area (TPSA) is 47.6 Å². The zero-order valence-corrected chi connectivity index (χ0v) is 13.0. The van der Waals surface area contributed by atoms with E-state index in [4.69, 9.17) is 21.1 Å². The third-order valence-electron chi connectivity index (χ3n) is 3.55. The first kappa shape index (κ1) is 15.6. The van der Waals surface area contributed by atoms with E-state index in [1.807, 2.05) is 24.3 Å². The predicted molar refractivity (Wildman–Crippen MR) is 84.3 cm³/mol. The molecule has 1 aliphatic heterocycles. The van der Waals surface area contributed by atoms with Crippen LogP contribution in [0.4, 0.5) is 4.39 Å². The molecule has 2 aromatic rings. The highest BCUT2D eigenvalue weighted by Gasteiger charge is 2.22. The fraction of sp³-hybridized carbons (Fsp3) is 0.235. The minimum Gasteiger partial charge on any atom is -0.493 e. The molecule has 0 fully saturated rings. The van der Waals surface area contributed by atoms with Crippen molar-refractivity contribution >= 4 is 17.5 Å². The van der Waals surface area contributed by atoms with Gasteiger partial charge in [0.1, 0.15) is 17.3 Å². The predicted octanol–water partition coefficient (Wildman–Crippen LogP) is 3.50. The molecule has 0 bridgehead atoms. The second-order valence-corrected chi connectivity index (χ2v) is 5.57. The van der Waals surface area contributed by atoms with Gasteiger partial charge in [-0.1, -0.05) is 29.8 Å². The summed E-state index contributed by atoms with van der Waals surface area (Å²) in [6.45, 7) is 0.387. The van der Waals surface area contributed by atoms with E-state index in [0.717, 1.165) is 11.3 Å².